The largest absolute Gasteiger partial charge is 0.385 e. The second kappa shape index (κ2) is 6.39. The number of nitrogens with one attached hydrogen (secondary N) is 2. The SMILES string of the molecule is CCNc1ccc(C(=O)Nc2ccc(F)cc2Cl)cc1. The van der Waals surface area contributed by atoms with Gasteiger partial charge in [0.25, 0.3) is 5.91 Å². The first-order valence-electron chi connectivity index (χ1n) is 6.20. The van der Waals surface area contributed by atoms with Gasteiger partial charge in [0.2, 0.25) is 0 Å². The molecule has 2 rings (SSSR count). The standard InChI is InChI=1S/C15H14ClFN2O/c1-2-18-12-6-3-10(4-7-12)15(20)19-14-8-5-11(17)9-13(14)16/h3-9,18H,2H2,1H3,(H,19,20). The Hall–Kier alpha value is -2.07. The number of carbonyl (C=O) groups excluding carboxylic acids is 1. The molecule has 2 N–H and O–H groups in total. The van der Waals surface area contributed by atoms with Crippen LogP contribution < -0.4 is 10.6 Å². The maximum absolute atomic E-state index is 12.9. The van der Waals surface area contributed by atoms with E-state index >= 15 is 0 Å². The number of anilines is 2. The van der Waals surface area contributed by atoms with Crippen LogP contribution in [0.3, 0.4) is 0 Å². The summed E-state index contributed by atoms with van der Waals surface area (Å²) in [6.45, 7) is 2.81. The molecule has 3 nitrogen and oxygen atoms in total. The number of rotatable bonds is 4. The van der Waals surface area contributed by atoms with Crippen molar-refractivity contribution in [3.8, 4) is 0 Å². The Kier molecular flexibility index (Phi) is 4.58. The molecule has 5 heteroatoms. The number of halogens is 2. The summed E-state index contributed by atoms with van der Waals surface area (Å²) < 4.78 is 12.9. The van der Waals surface area contributed by atoms with Crippen molar-refractivity contribution < 1.29 is 9.18 Å². The number of hydrogen-bond donors (Lipinski definition) is 2. The van der Waals surface area contributed by atoms with Crippen LogP contribution in [0.2, 0.25) is 5.02 Å². The van der Waals surface area contributed by atoms with Crippen LogP contribution in [0.25, 0.3) is 0 Å². The molecule has 2 aromatic carbocycles. The lowest BCUT2D eigenvalue weighted by atomic mass is 10.2. The van der Waals surface area contributed by atoms with E-state index in [4.69, 9.17) is 11.6 Å². The molecule has 0 spiro atoms. The Labute approximate surface area is 121 Å². The van der Waals surface area contributed by atoms with Gasteiger partial charge >= 0.3 is 0 Å². The van der Waals surface area contributed by atoms with Crippen molar-refractivity contribution in [3.63, 3.8) is 0 Å². The molecule has 0 aromatic heterocycles. The first kappa shape index (κ1) is 14.3. The van der Waals surface area contributed by atoms with Crippen LogP contribution >= 0.6 is 11.6 Å². The van der Waals surface area contributed by atoms with Crippen molar-refractivity contribution in [1.82, 2.24) is 0 Å². The smallest absolute Gasteiger partial charge is 0.255 e. The van der Waals surface area contributed by atoms with Gasteiger partial charge in [0.15, 0.2) is 0 Å². The van der Waals surface area contributed by atoms with Gasteiger partial charge in [-0.1, -0.05) is 11.6 Å². The molecule has 0 radical (unpaired) electrons. The zero-order valence-electron chi connectivity index (χ0n) is 10.9. The van der Waals surface area contributed by atoms with Gasteiger partial charge in [-0.3, -0.25) is 4.79 Å². The maximum Gasteiger partial charge on any atom is 0.255 e. The van der Waals surface area contributed by atoms with E-state index in [-0.39, 0.29) is 10.9 Å². The van der Waals surface area contributed by atoms with E-state index in [9.17, 15) is 9.18 Å². The minimum Gasteiger partial charge on any atom is -0.385 e. The highest BCUT2D eigenvalue weighted by Gasteiger charge is 2.09. The minimum atomic E-state index is -0.442. The normalized spacial score (nSPS) is 10.2. The van der Waals surface area contributed by atoms with Crippen molar-refractivity contribution in [2.45, 2.75) is 6.92 Å². The average molecular weight is 293 g/mol. The minimum absolute atomic E-state index is 0.169. The average Bonchev–Trinajstić information content (AvgIpc) is 2.43. The van der Waals surface area contributed by atoms with Gasteiger partial charge in [0.05, 0.1) is 10.7 Å². The summed E-state index contributed by atoms with van der Waals surface area (Å²) in [5.41, 5.74) is 1.84. The van der Waals surface area contributed by atoms with Crippen LogP contribution in [0.4, 0.5) is 15.8 Å². The molecule has 0 aliphatic carbocycles. The third-order valence-corrected chi connectivity index (χ3v) is 3.02. The molecule has 104 valence electrons. The van der Waals surface area contributed by atoms with Crippen LogP contribution in [0.5, 0.6) is 0 Å². The molecule has 1 amide bonds. The van der Waals surface area contributed by atoms with E-state index in [2.05, 4.69) is 10.6 Å². The molecule has 0 saturated heterocycles. The van der Waals surface area contributed by atoms with Gasteiger partial charge in [-0.15, -0.1) is 0 Å². The predicted octanol–water partition coefficient (Wildman–Crippen LogP) is 4.16. The summed E-state index contributed by atoms with van der Waals surface area (Å²) in [5, 5.41) is 5.96. The lowest BCUT2D eigenvalue weighted by molar-refractivity contribution is 0.102. The molecule has 0 bridgehead atoms. The van der Waals surface area contributed by atoms with Crippen LogP contribution in [0.15, 0.2) is 42.5 Å². The molecular weight excluding hydrogens is 279 g/mol. The zero-order chi connectivity index (χ0) is 14.5. The lowest BCUT2D eigenvalue weighted by Gasteiger charge is -2.08. The predicted molar refractivity (Wildman–Crippen MR) is 80.0 cm³/mol. The van der Waals surface area contributed by atoms with Crippen LogP contribution in [-0.4, -0.2) is 12.5 Å². The Bertz CT molecular complexity index is 614. The summed E-state index contributed by atoms with van der Waals surface area (Å²) in [5.74, 6) is -0.732. The molecule has 20 heavy (non-hydrogen) atoms. The third kappa shape index (κ3) is 3.48. The first-order chi connectivity index (χ1) is 9.60. The quantitative estimate of drug-likeness (QED) is 0.888. The van der Waals surface area contributed by atoms with Gasteiger partial charge in [0, 0.05) is 17.8 Å². The number of carbonyl (C=O) groups is 1. The van der Waals surface area contributed by atoms with Crippen molar-refractivity contribution in [3.05, 3.63) is 58.9 Å². The fourth-order valence-corrected chi connectivity index (χ4v) is 1.94. The molecule has 0 atom stereocenters. The second-order valence-corrected chi connectivity index (χ2v) is 4.59. The van der Waals surface area contributed by atoms with Crippen molar-refractivity contribution >= 4 is 28.9 Å². The monoisotopic (exact) mass is 292 g/mol. The van der Waals surface area contributed by atoms with Crippen LogP contribution in [0.1, 0.15) is 17.3 Å². The number of amides is 1. The zero-order valence-corrected chi connectivity index (χ0v) is 11.7. The molecule has 0 heterocycles. The van der Waals surface area contributed by atoms with E-state index in [0.717, 1.165) is 18.3 Å². The van der Waals surface area contributed by atoms with E-state index < -0.39 is 5.82 Å². The molecule has 0 fully saturated rings. The molecule has 2 aromatic rings. The molecular formula is C15H14ClFN2O. The lowest BCUT2D eigenvalue weighted by Crippen LogP contribution is -2.12. The Balaban J connectivity index is 2.11. The van der Waals surface area contributed by atoms with Gasteiger partial charge in [-0.25, -0.2) is 4.39 Å². The first-order valence-corrected chi connectivity index (χ1v) is 6.58. The van der Waals surface area contributed by atoms with Crippen molar-refractivity contribution in [2.24, 2.45) is 0 Å². The topological polar surface area (TPSA) is 41.1 Å². The summed E-state index contributed by atoms with van der Waals surface area (Å²) >= 11 is 5.86. The summed E-state index contributed by atoms with van der Waals surface area (Å²) in [7, 11) is 0. The van der Waals surface area contributed by atoms with Gasteiger partial charge in [-0.2, -0.15) is 0 Å². The van der Waals surface area contributed by atoms with E-state index in [1.807, 2.05) is 19.1 Å². The highest BCUT2D eigenvalue weighted by Crippen LogP contribution is 2.23. The number of benzene rings is 2. The van der Waals surface area contributed by atoms with Gasteiger partial charge in [-0.05, 0) is 49.4 Å². The maximum atomic E-state index is 12.9. The Morgan fingerprint density at radius 2 is 1.90 bits per heavy atom. The van der Waals surface area contributed by atoms with Gasteiger partial charge < -0.3 is 10.6 Å². The van der Waals surface area contributed by atoms with Crippen LogP contribution in [0, 0.1) is 5.82 Å². The summed E-state index contributed by atoms with van der Waals surface area (Å²) in [6, 6.07) is 10.9. The van der Waals surface area contributed by atoms with Crippen molar-refractivity contribution in [2.75, 3.05) is 17.2 Å². The Morgan fingerprint density at radius 3 is 2.50 bits per heavy atom. The highest BCUT2D eigenvalue weighted by molar-refractivity contribution is 6.33. The summed E-state index contributed by atoms with van der Waals surface area (Å²) in [6.07, 6.45) is 0. The van der Waals surface area contributed by atoms with Crippen molar-refractivity contribution in [1.29, 1.82) is 0 Å². The molecule has 0 saturated carbocycles. The fraction of sp³-hybridized carbons (Fsp3) is 0.133. The van der Waals surface area contributed by atoms with E-state index in [1.54, 1.807) is 12.1 Å². The molecule has 0 aliphatic heterocycles. The number of hydrogen-bond acceptors (Lipinski definition) is 2. The molecule has 0 aliphatic rings. The fourth-order valence-electron chi connectivity index (χ4n) is 1.73. The van der Waals surface area contributed by atoms with E-state index in [1.165, 1.54) is 12.1 Å². The third-order valence-electron chi connectivity index (χ3n) is 2.71. The second-order valence-electron chi connectivity index (χ2n) is 4.19. The van der Waals surface area contributed by atoms with E-state index in [0.29, 0.717) is 11.3 Å². The van der Waals surface area contributed by atoms with Crippen LogP contribution in [-0.2, 0) is 0 Å². The Morgan fingerprint density at radius 1 is 1.20 bits per heavy atom. The van der Waals surface area contributed by atoms with Gasteiger partial charge in [0.1, 0.15) is 5.82 Å². The molecule has 0 unspecified atom stereocenters. The highest BCUT2D eigenvalue weighted by atomic mass is 35.5. The summed E-state index contributed by atoms with van der Waals surface area (Å²) in [4.78, 5) is 12.0.